The van der Waals surface area contributed by atoms with E-state index in [9.17, 15) is 14.4 Å². The van der Waals surface area contributed by atoms with Crippen LogP contribution in [-0.2, 0) is 4.79 Å². The van der Waals surface area contributed by atoms with Gasteiger partial charge >= 0.3 is 0 Å². The van der Waals surface area contributed by atoms with Crippen molar-refractivity contribution < 1.29 is 19.1 Å². The zero-order valence-corrected chi connectivity index (χ0v) is 23.1. The van der Waals surface area contributed by atoms with Crippen LogP contribution in [-0.4, -0.2) is 35.3 Å². The van der Waals surface area contributed by atoms with Gasteiger partial charge in [0, 0.05) is 10.7 Å². The summed E-state index contributed by atoms with van der Waals surface area (Å²) >= 11 is 31.2. The van der Waals surface area contributed by atoms with Crippen LogP contribution in [0.3, 0.4) is 0 Å². The lowest BCUT2D eigenvalue weighted by molar-refractivity contribution is -0.130. The second kappa shape index (κ2) is 9.68. The largest absolute Gasteiger partial charge is 0.494 e. The van der Waals surface area contributed by atoms with Crippen molar-refractivity contribution in [1.29, 1.82) is 0 Å². The number of benzene rings is 3. The van der Waals surface area contributed by atoms with Crippen LogP contribution in [0.1, 0.15) is 44.8 Å². The Balaban J connectivity index is 1.63. The lowest BCUT2D eigenvalue weighted by atomic mass is 9.85. The van der Waals surface area contributed by atoms with E-state index < -0.39 is 29.8 Å². The Hall–Kier alpha value is -2.48. The minimum Gasteiger partial charge on any atom is -0.494 e. The zero-order valence-electron chi connectivity index (χ0n) is 19.3. The molecule has 37 heavy (non-hydrogen) atoms. The van der Waals surface area contributed by atoms with Gasteiger partial charge in [-0.05, 0) is 49.2 Å². The molecule has 0 radical (unpaired) electrons. The first-order valence-electron chi connectivity index (χ1n) is 11.1. The van der Waals surface area contributed by atoms with Gasteiger partial charge in [0.2, 0.25) is 0 Å². The topological polar surface area (TPSA) is 66.9 Å². The van der Waals surface area contributed by atoms with Crippen molar-refractivity contribution >= 4 is 81.4 Å². The fourth-order valence-corrected chi connectivity index (χ4v) is 5.90. The number of aryl methyl sites for hydroxylation is 1. The Kier molecular flexibility index (Phi) is 6.84. The van der Waals surface area contributed by atoms with Gasteiger partial charge < -0.3 is 9.64 Å². The van der Waals surface area contributed by atoms with Gasteiger partial charge in [-0.25, -0.2) is 0 Å². The number of hydrogen-bond acceptors (Lipinski definition) is 4. The maximum Gasteiger partial charge on any atom is 0.264 e. The third-order valence-corrected chi connectivity index (χ3v) is 8.48. The lowest BCUT2D eigenvalue weighted by Crippen LogP contribution is -2.67. The highest BCUT2D eigenvalue weighted by Crippen LogP contribution is 2.49. The van der Waals surface area contributed by atoms with Gasteiger partial charge in [0.1, 0.15) is 11.8 Å². The van der Waals surface area contributed by atoms with Crippen molar-refractivity contribution in [2.75, 3.05) is 11.5 Å². The molecule has 1 fully saturated rings. The van der Waals surface area contributed by atoms with Crippen molar-refractivity contribution in [3.63, 3.8) is 0 Å². The molecular formula is C26H17Cl5N2O4. The summed E-state index contributed by atoms with van der Waals surface area (Å²) in [6, 6.07) is 10.4. The van der Waals surface area contributed by atoms with Gasteiger partial charge in [-0.1, -0.05) is 76.2 Å². The number of carbonyl (C=O) groups excluding carboxylic acids is 3. The Labute approximate surface area is 237 Å². The highest BCUT2D eigenvalue weighted by atomic mass is 35.5. The van der Waals surface area contributed by atoms with Crippen molar-refractivity contribution in [2.24, 2.45) is 0 Å². The van der Waals surface area contributed by atoms with Crippen LogP contribution in [0.4, 0.5) is 5.69 Å². The number of anilines is 1. The number of hydrogen-bond donors (Lipinski definition) is 0. The summed E-state index contributed by atoms with van der Waals surface area (Å²) < 4.78 is 5.54. The fourth-order valence-electron chi connectivity index (χ4n) is 4.71. The monoisotopic (exact) mass is 596 g/mol. The first-order valence-corrected chi connectivity index (χ1v) is 13.0. The van der Waals surface area contributed by atoms with E-state index in [-0.39, 0.29) is 31.2 Å². The predicted octanol–water partition coefficient (Wildman–Crippen LogP) is 7.41. The quantitative estimate of drug-likeness (QED) is 0.133. The number of imide groups is 1. The van der Waals surface area contributed by atoms with Gasteiger partial charge in [-0.15, -0.1) is 0 Å². The zero-order chi connectivity index (χ0) is 26.8. The first-order chi connectivity index (χ1) is 17.6. The molecule has 1 saturated heterocycles. The SMILES string of the molecule is CCOc1ccc([C@@H]2[C@H](N3C(=O)c4c(Cl)c(Cl)c(Cl)c(Cl)c4C3=O)C(=O)N2c2cc(Cl)ccc2C)cc1. The minimum atomic E-state index is -1.17. The third-order valence-electron chi connectivity index (χ3n) is 6.44. The van der Waals surface area contributed by atoms with Crippen LogP contribution in [0.25, 0.3) is 0 Å². The molecule has 2 aliphatic rings. The summed E-state index contributed by atoms with van der Waals surface area (Å²) in [5.41, 5.74) is 1.67. The molecule has 0 spiro atoms. The molecule has 0 aromatic heterocycles. The van der Waals surface area contributed by atoms with Crippen molar-refractivity contribution in [3.05, 3.63) is 89.8 Å². The molecule has 2 heterocycles. The molecule has 0 saturated carbocycles. The van der Waals surface area contributed by atoms with Gasteiger partial charge in [0.15, 0.2) is 0 Å². The molecular weight excluding hydrogens is 582 g/mol. The van der Waals surface area contributed by atoms with Crippen LogP contribution in [0.15, 0.2) is 42.5 Å². The average Bonchev–Trinajstić information content (AvgIpc) is 3.13. The Bertz CT molecular complexity index is 1440. The van der Waals surface area contributed by atoms with Crippen LogP contribution < -0.4 is 9.64 Å². The van der Waals surface area contributed by atoms with E-state index >= 15 is 0 Å². The molecule has 0 aliphatic carbocycles. The highest BCUT2D eigenvalue weighted by Gasteiger charge is 2.58. The summed E-state index contributed by atoms with van der Waals surface area (Å²) in [4.78, 5) is 43.2. The molecule has 3 amide bonds. The van der Waals surface area contributed by atoms with Crippen LogP contribution in [0, 0.1) is 6.92 Å². The van der Waals surface area contributed by atoms with Gasteiger partial charge in [-0.3, -0.25) is 19.3 Å². The molecule has 2 aliphatic heterocycles. The molecule has 11 heteroatoms. The molecule has 5 rings (SSSR count). The van der Waals surface area contributed by atoms with E-state index in [0.29, 0.717) is 28.6 Å². The number of carbonyl (C=O) groups is 3. The number of nitrogens with zero attached hydrogens (tertiary/aromatic N) is 2. The fraction of sp³-hybridized carbons (Fsp3) is 0.192. The maximum absolute atomic E-state index is 13.7. The molecule has 190 valence electrons. The van der Waals surface area contributed by atoms with Crippen molar-refractivity contribution in [3.8, 4) is 5.75 Å². The summed E-state index contributed by atoms with van der Waals surface area (Å²) in [6.07, 6.45) is 0. The molecule has 3 aromatic rings. The van der Waals surface area contributed by atoms with E-state index in [1.165, 1.54) is 4.90 Å². The summed E-state index contributed by atoms with van der Waals surface area (Å²) in [5.74, 6) is -1.38. The second-order valence-electron chi connectivity index (χ2n) is 8.52. The van der Waals surface area contributed by atoms with E-state index in [2.05, 4.69) is 0 Å². The smallest absolute Gasteiger partial charge is 0.264 e. The Morgan fingerprint density at radius 3 is 1.86 bits per heavy atom. The summed E-state index contributed by atoms with van der Waals surface area (Å²) in [5, 5.41) is -0.243. The number of rotatable bonds is 5. The first kappa shape index (κ1) is 26.1. The molecule has 3 aromatic carbocycles. The number of amides is 3. The van der Waals surface area contributed by atoms with Crippen LogP contribution in [0.2, 0.25) is 25.1 Å². The summed E-state index contributed by atoms with van der Waals surface area (Å²) in [7, 11) is 0. The second-order valence-corrected chi connectivity index (χ2v) is 10.5. The van der Waals surface area contributed by atoms with E-state index in [1.807, 2.05) is 13.8 Å². The third kappa shape index (κ3) is 3.98. The number of fused-ring (bicyclic) bond motifs is 1. The highest BCUT2D eigenvalue weighted by molar-refractivity contribution is 6.55. The molecule has 6 nitrogen and oxygen atoms in total. The minimum absolute atomic E-state index is 0.144. The van der Waals surface area contributed by atoms with E-state index in [1.54, 1.807) is 42.5 Å². The van der Waals surface area contributed by atoms with E-state index in [4.69, 9.17) is 62.7 Å². The Morgan fingerprint density at radius 1 is 0.757 bits per heavy atom. The normalized spacial score (nSPS) is 18.8. The van der Waals surface area contributed by atoms with Crippen LogP contribution in [0.5, 0.6) is 5.75 Å². The van der Waals surface area contributed by atoms with Gasteiger partial charge in [0.25, 0.3) is 17.7 Å². The van der Waals surface area contributed by atoms with Crippen molar-refractivity contribution in [2.45, 2.75) is 25.9 Å². The number of β-lactam (4-membered cyclic amide) rings is 1. The molecule has 0 bridgehead atoms. The lowest BCUT2D eigenvalue weighted by Gasteiger charge is -2.50. The standard InChI is InChI=1S/C26H17Cl5N2O4/c1-3-37-14-8-5-12(6-9-14)22-23(26(36)32(22)15-10-13(27)7-4-11(15)2)33-24(34)16-17(25(33)35)19(29)21(31)20(30)18(16)28/h4-10,22-23H,3H2,1-2H3/t22-,23+/m1/s1. The van der Waals surface area contributed by atoms with E-state index in [0.717, 1.165) is 10.5 Å². The molecule has 2 atom stereocenters. The number of ether oxygens (including phenoxy) is 1. The predicted molar refractivity (Wildman–Crippen MR) is 145 cm³/mol. The van der Waals surface area contributed by atoms with Gasteiger partial charge in [0.05, 0.1) is 43.9 Å². The van der Waals surface area contributed by atoms with Crippen molar-refractivity contribution in [1.82, 2.24) is 4.90 Å². The Morgan fingerprint density at radius 2 is 1.32 bits per heavy atom. The average molecular weight is 599 g/mol. The van der Waals surface area contributed by atoms with Crippen LogP contribution >= 0.6 is 58.0 Å². The number of halogens is 5. The van der Waals surface area contributed by atoms with Gasteiger partial charge in [-0.2, -0.15) is 0 Å². The molecule has 0 unspecified atom stereocenters. The molecule has 0 N–H and O–H groups in total. The summed E-state index contributed by atoms with van der Waals surface area (Å²) in [6.45, 7) is 4.20. The maximum atomic E-state index is 13.7.